The molecular weight excluding hydrogens is 326 g/mol. The second-order valence-electron chi connectivity index (χ2n) is 3.94. The molecule has 0 fully saturated rings. The maximum atomic E-state index is 13.2. The topological polar surface area (TPSA) is 55.1 Å². The van der Waals surface area contributed by atoms with Crippen LogP contribution in [0.1, 0.15) is 5.69 Å². The molecular formula is C12H9Cl2FN2O2S. The van der Waals surface area contributed by atoms with E-state index in [1.165, 1.54) is 0 Å². The smallest absolute Gasteiger partial charge is 0.313 e. The summed E-state index contributed by atoms with van der Waals surface area (Å²) in [6.07, 6.45) is 1.66. The number of rotatable bonds is 4. The van der Waals surface area contributed by atoms with E-state index < -0.39 is 11.8 Å². The fourth-order valence-corrected chi connectivity index (χ4v) is 3.02. The third kappa shape index (κ3) is 3.26. The van der Waals surface area contributed by atoms with E-state index in [9.17, 15) is 9.18 Å². The number of halogens is 3. The number of aliphatic carboxylic acids is 1. The van der Waals surface area contributed by atoms with Crippen LogP contribution in [0.4, 0.5) is 4.39 Å². The lowest BCUT2D eigenvalue weighted by atomic mass is 10.3. The van der Waals surface area contributed by atoms with Gasteiger partial charge in [-0.2, -0.15) is 0 Å². The highest BCUT2D eigenvalue weighted by Gasteiger charge is 2.16. The Hall–Kier alpha value is -1.24. The van der Waals surface area contributed by atoms with Crippen LogP contribution >= 0.6 is 35.0 Å². The van der Waals surface area contributed by atoms with Gasteiger partial charge >= 0.3 is 5.97 Å². The highest BCUT2D eigenvalue weighted by Crippen LogP contribution is 2.33. The Kier molecular flexibility index (Phi) is 4.57. The second kappa shape index (κ2) is 6.03. The van der Waals surface area contributed by atoms with Gasteiger partial charge in [-0.05, 0) is 19.1 Å². The Bertz CT molecular complexity index is 652. The summed E-state index contributed by atoms with van der Waals surface area (Å²) in [5.74, 6) is -1.65. The predicted molar refractivity (Wildman–Crippen MR) is 76.6 cm³/mol. The highest BCUT2D eigenvalue weighted by atomic mass is 35.5. The second-order valence-corrected chi connectivity index (χ2v) is 5.69. The van der Waals surface area contributed by atoms with Gasteiger partial charge in [-0.25, -0.2) is 9.37 Å². The Morgan fingerprint density at radius 3 is 2.60 bits per heavy atom. The number of imidazole rings is 1. The number of hydrogen-bond donors (Lipinski definition) is 1. The minimum Gasteiger partial charge on any atom is -0.481 e. The molecule has 0 saturated heterocycles. The average molecular weight is 335 g/mol. The van der Waals surface area contributed by atoms with E-state index in [-0.39, 0.29) is 15.8 Å². The quantitative estimate of drug-likeness (QED) is 0.864. The Labute approximate surface area is 128 Å². The third-order valence-electron chi connectivity index (χ3n) is 2.34. The summed E-state index contributed by atoms with van der Waals surface area (Å²) in [6.45, 7) is 1.76. The Balaban J connectivity index is 2.50. The summed E-state index contributed by atoms with van der Waals surface area (Å²) in [5.41, 5.74) is 1.05. The number of thioether (sulfide) groups is 1. The van der Waals surface area contributed by atoms with Gasteiger partial charge in [0.1, 0.15) is 5.82 Å². The monoisotopic (exact) mass is 334 g/mol. The summed E-state index contributed by atoms with van der Waals surface area (Å²) in [5, 5.41) is 9.42. The molecule has 106 valence electrons. The van der Waals surface area contributed by atoms with Crippen LogP contribution in [-0.4, -0.2) is 26.4 Å². The zero-order chi connectivity index (χ0) is 14.9. The maximum absolute atomic E-state index is 13.2. The van der Waals surface area contributed by atoms with Gasteiger partial charge in [0.05, 0.1) is 27.2 Å². The van der Waals surface area contributed by atoms with Gasteiger partial charge in [0.25, 0.3) is 0 Å². The van der Waals surface area contributed by atoms with E-state index >= 15 is 0 Å². The van der Waals surface area contributed by atoms with E-state index in [0.717, 1.165) is 23.9 Å². The van der Waals surface area contributed by atoms with Crippen LogP contribution in [0, 0.1) is 12.7 Å². The largest absolute Gasteiger partial charge is 0.481 e. The minimum atomic E-state index is -0.960. The van der Waals surface area contributed by atoms with Gasteiger partial charge in [-0.3, -0.25) is 9.36 Å². The van der Waals surface area contributed by atoms with Crippen molar-refractivity contribution in [2.45, 2.75) is 12.1 Å². The first-order valence-electron chi connectivity index (χ1n) is 5.44. The molecule has 0 atom stereocenters. The van der Waals surface area contributed by atoms with Crippen LogP contribution < -0.4 is 0 Å². The third-order valence-corrected chi connectivity index (χ3v) is 3.86. The molecule has 0 aliphatic heterocycles. The van der Waals surface area contributed by atoms with Crippen LogP contribution in [0.15, 0.2) is 23.5 Å². The summed E-state index contributed by atoms with van der Waals surface area (Å²) in [6, 6.07) is 2.29. The first-order chi connectivity index (χ1) is 9.38. The van der Waals surface area contributed by atoms with Crippen molar-refractivity contribution >= 4 is 40.9 Å². The fraction of sp³-hybridized carbons (Fsp3) is 0.167. The molecule has 0 spiro atoms. The fourth-order valence-electron chi connectivity index (χ4n) is 1.63. The van der Waals surface area contributed by atoms with Gasteiger partial charge < -0.3 is 5.11 Å². The highest BCUT2D eigenvalue weighted by molar-refractivity contribution is 7.99. The SMILES string of the molecule is Cc1cn(-c2c(Cl)cc(F)cc2Cl)c(SCC(=O)O)n1. The van der Waals surface area contributed by atoms with Crippen LogP contribution in [0.2, 0.25) is 10.0 Å². The molecule has 8 heteroatoms. The van der Waals surface area contributed by atoms with Gasteiger partial charge in [-0.1, -0.05) is 35.0 Å². The molecule has 0 amide bonds. The van der Waals surface area contributed by atoms with Crippen molar-refractivity contribution in [3.05, 3.63) is 39.9 Å². The minimum absolute atomic E-state index is 0.129. The van der Waals surface area contributed by atoms with Gasteiger partial charge in [0, 0.05) is 6.20 Å². The van der Waals surface area contributed by atoms with E-state index in [1.54, 1.807) is 17.7 Å². The molecule has 0 unspecified atom stereocenters. The number of benzene rings is 1. The molecule has 0 bridgehead atoms. The summed E-state index contributed by atoms with van der Waals surface area (Å²) < 4.78 is 14.8. The standard InChI is InChI=1S/C12H9Cl2FN2O2S/c1-6-4-17(12(16-6)20-5-10(18)19)11-8(13)2-7(15)3-9(11)14/h2-4H,5H2,1H3,(H,18,19). The molecule has 2 rings (SSSR count). The van der Waals surface area contributed by atoms with Crippen LogP contribution in [0.25, 0.3) is 5.69 Å². The number of carboxylic acid groups (broad SMARTS) is 1. The Morgan fingerprint density at radius 2 is 2.05 bits per heavy atom. The molecule has 1 aromatic carbocycles. The van der Waals surface area contributed by atoms with E-state index in [0.29, 0.717) is 16.5 Å². The number of hydrogen-bond acceptors (Lipinski definition) is 3. The first-order valence-corrected chi connectivity index (χ1v) is 7.18. The number of aromatic nitrogens is 2. The van der Waals surface area contributed by atoms with Gasteiger partial charge in [-0.15, -0.1) is 0 Å². The lowest BCUT2D eigenvalue weighted by Crippen LogP contribution is -2.02. The van der Waals surface area contributed by atoms with E-state index in [4.69, 9.17) is 28.3 Å². The Morgan fingerprint density at radius 1 is 1.45 bits per heavy atom. The number of nitrogens with zero attached hydrogens (tertiary/aromatic N) is 2. The van der Waals surface area contributed by atoms with E-state index in [1.807, 2.05) is 0 Å². The van der Waals surface area contributed by atoms with Gasteiger partial charge in [0.15, 0.2) is 5.16 Å². The average Bonchev–Trinajstić information content (AvgIpc) is 2.66. The van der Waals surface area contributed by atoms with Crippen LogP contribution in [-0.2, 0) is 4.79 Å². The lowest BCUT2D eigenvalue weighted by molar-refractivity contribution is -0.133. The van der Waals surface area contributed by atoms with Crippen LogP contribution in [0.5, 0.6) is 0 Å². The zero-order valence-electron chi connectivity index (χ0n) is 10.2. The molecule has 0 radical (unpaired) electrons. The molecule has 20 heavy (non-hydrogen) atoms. The van der Waals surface area contributed by atoms with Crippen molar-refractivity contribution in [3.63, 3.8) is 0 Å². The van der Waals surface area contributed by atoms with Crippen molar-refractivity contribution in [2.75, 3.05) is 5.75 Å². The molecule has 0 aliphatic carbocycles. The molecule has 2 aromatic rings. The van der Waals surface area contributed by atoms with Crippen molar-refractivity contribution in [1.82, 2.24) is 9.55 Å². The molecule has 1 aromatic heterocycles. The summed E-state index contributed by atoms with van der Waals surface area (Å²) in [4.78, 5) is 14.9. The molecule has 0 aliphatic rings. The van der Waals surface area contributed by atoms with E-state index in [2.05, 4.69) is 4.98 Å². The summed E-state index contributed by atoms with van der Waals surface area (Å²) in [7, 11) is 0. The number of carbonyl (C=O) groups is 1. The summed E-state index contributed by atoms with van der Waals surface area (Å²) >= 11 is 13.1. The molecule has 0 saturated carbocycles. The van der Waals surface area contributed by atoms with Crippen molar-refractivity contribution in [3.8, 4) is 5.69 Å². The predicted octanol–water partition coefficient (Wildman–Crippen LogP) is 3.80. The molecule has 4 nitrogen and oxygen atoms in total. The maximum Gasteiger partial charge on any atom is 0.313 e. The lowest BCUT2D eigenvalue weighted by Gasteiger charge is -2.11. The van der Waals surface area contributed by atoms with Crippen molar-refractivity contribution in [1.29, 1.82) is 0 Å². The number of carboxylic acids is 1. The molecule has 1 N–H and O–H groups in total. The zero-order valence-corrected chi connectivity index (χ0v) is 12.6. The van der Waals surface area contributed by atoms with Crippen LogP contribution in [0.3, 0.4) is 0 Å². The molecule has 1 heterocycles. The van der Waals surface area contributed by atoms with Crippen molar-refractivity contribution < 1.29 is 14.3 Å². The van der Waals surface area contributed by atoms with Crippen molar-refractivity contribution in [2.24, 2.45) is 0 Å². The normalized spacial score (nSPS) is 10.8. The number of aryl methyl sites for hydroxylation is 1. The first kappa shape index (κ1) is 15.2. The van der Waals surface area contributed by atoms with Gasteiger partial charge in [0.2, 0.25) is 0 Å².